The lowest BCUT2D eigenvalue weighted by Gasteiger charge is -2.23. The fraction of sp³-hybridized carbons (Fsp3) is 0.357. The number of rotatable bonds is 3. The molecule has 1 aliphatic rings. The van der Waals surface area contributed by atoms with Crippen molar-refractivity contribution < 1.29 is 4.39 Å². The van der Waals surface area contributed by atoms with E-state index in [0.29, 0.717) is 6.04 Å². The van der Waals surface area contributed by atoms with Crippen LogP contribution in [0.3, 0.4) is 0 Å². The molecule has 4 heteroatoms. The van der Waals surface area contributed by atoms with Gasteiger partial charge in [0.05, 0.1) is 0 Å². The highest BCUT2D eigenvalue weighted by Crippen LogP contribution is 2.33. The van der Waals surface area contributed by atoms with E-state index in [4.69, 9.17) is 0 Å². The second kappa shape index (κ2) is 5.16. The van der Waals surface area contributed by atoms with E-state index in [-0.39, 0.29) is 0 Å². The van der Waals surface area contributed by atoms with Crippen LogP contribution in [-0.4, -0.2) is 16.4 Å². The van der Waals surface area contributed by atoms with Gasteiger partial charge < -0.3 is 0 Å². The third-order valence-electron chi connectivity index (χ3n) is 3.47. The Kier molecular flexibility index (Phi) is 3.39. The van der Waals surface area contributed by atoms with Gasteiger partial charge in [-0.2, -0.15) is 15.7 Å². The van der Waals surface area contributed by atoms with Crippen molar-refractivity contribution in [1.29, 1.82) is 0 Å². The Morgan fingerprint density at radius 3 is 3.06 bits per heavy atom. The number of thiophene rings is 1. The normalized spacial score (nSPS) is 20.4. The van der Waals surface area contributed by atoms with E-state index < -0.39 is 5.95 Å². The zero-order valence-electron chi connectivity index (χ0n) is 10.1. The summed E-state index contributed by atoms with van der Waals surface area (Å²) >= 11 is 1.75. The fourth-order valence-corrected chi connectivity index (χ4v) is 3.30. The zero-order valence-corrected chi connectivity index (χ0v) is 10.9. The summed E-state index contributed by atoms with van der Waals surface area (Å²) in [5.41, 5.74) is 2.49. The summed E-state index contributed by atoms with van der Waals surface area (Å²) in [7, 11) is 0. The first-order chi connectivity index (χ1) is 8.83. The van der Waals surface area contributed by atoms with Gasteiger partial charge in [-0.15, -0.1) is 0 Å². The van der Waals surface area contributed by atoms with Crippen molar-refractivity contribution in [3.8, 4) is 0 Å². The first kappa shape index (κ1) is 11.8. The minimum absolute atomic E-state index is 0.408. The predicted molar refractivity (Wildman–Crippen MR) is 70.9 cm³/mol. The van der Waals surface area contributed by atoms with Crippen LogP contribution in [-0.2, 0) is 6.54 Å². The molecule has 0 spiro atoms. The monoisotopic (exact) mass is 262 g/mol. The van der Waals surface area contributed by atoms with Gasteiger partial charge in [0.2, 0.25) is 5.95 Å². The summed E-state index contributed by atoms with van der Waals surface area (Å²) < 4.78 is 12.8. The van der Waals surface area contributed by atoms with E-state index >= 15 is 0 Å². The molecular formula is C14H15FN2S. The highest BCUT2D eigenvalue weighted by molar-refractivity contribution is 7.07. The minimum atomic E-state index is -0.408. The number of pyridine rings is 1. The standard InChI is InChI=1S/C14H15FN2S/c15-14-4-3-11(8-16-14)9-17-6-1-2-13(17)12-5-7-18-10-12/h3-5,7-8,10,13H,1-2,6,9H2. The molecule has 0 aliphatic carbocycles. The third kappa shape index (κ3) is 2.44. The maximum atomic E-state index is 12.8. The van der Waals surface area contributed by atoms with Gasteiger partial charge in [-0.25, -0.2) is 4.98 Å². The minimum Gasteiger partial charge on any atom is -0.292 e. The summed E-state index contributed by atoms with van der Waals surface area (Å²) in [5, 5.41) is 4.36. The van der Waals surface area contributed by atoms with Crippen LogP contribution < -0.4 is 0 Å². The Bertz CT molecular complexity index is 495. The molecule has 3 heterocycles. The summed E-state index contributed by atoms with van der Waals surface area (Å²) in [6.07, 6.45) is 4.08. The van der Waals surface area contributed by atoms with Crippen molar-refractivity contribution in [3.05, 3.63) is 52.2 Å². The van der Waals surface area contributed by atoms with E-state index in [2.05, 4.69) is 26.7 Å². The van der Waals surface area contributed by atoms with Crippen molar-refractivity contribution in [2.24, 2.45) is 0 Å². The topological polar surface area (TPSA) is 16.1 Å². The lowest BCUT2D eigenvalue weighted by atomic mass is 10.1. The number of halogens is 1. The van der Waals surface area contributed by atoms with Crippen LogP contribution in [0.5, 0.6) is 0 Å². The molecular weight excluding hydrogens is 247 g/mol. The van der Waals surface area contributed by atoms with Crippen LogP contribution in [0.1, 0.15) is 30.0 Å². The lowest BCUT2D eigenvalue weighted by Crippen LogP contribution is -2.22. The molecule has 1 atom stereocenters. The SMILES string of the molecule is Fc1ccc(CN2CCCC2c2ccsc2)cn1. The van der Waals surface area contributed by atoms with Crippen LogP contribution in [0.2, 0.25) is 0 Å². The Morgan fingerprint density at radius 1 is 1.39 bits per heavy atom. The number of likely N-dealkylation sites (tertiary alicyclic amines) is 1. The molecule has 1 unspecified atom stereocenters. The first-order valence-electron chi connectivity index (χ1n) is 6.19. The summed E-state index contributed by atoms with van der Waals surface area (Å²) in [4.78, 5) is 6.17. The van der Waals surface area contributed by atoms with Crippen molar-refractivity contribution in [3.63, 3.8) is 0 Å². The number of aromatic nitrogens is 1. The van der Waals surface area contributed by atoms with E-state index in [9.17, 15) is 4.39 Å². The van der Waals surface area contributed by atoms with Gasteiger partial charge in [0.25, 0.3) is 0 Å². The Morgan fingerprint density at radius 2 is 2.33 bits per heavy atom. The lowest BCUT2D eigenvalue weighted by molar-refractivity contribution is 0.248. The van der Waals surface area contributed by atoms with Gasteiger partial charge in [0, 0.05) is 18.8 Å². The molecule has 0 saturated carbocycles. The maximum Gasteiger partial charge on any atom is 0.212 e. The van der Waals surface area contributed by atoms with Gasteiger partial charge in [0.15, 0.2) is 0 Å². The summed E-state index contributed by atoms with van der Waals surface area (Å²) in [6.45, 7) is 1.96. The molecule has 0 N–H and O–H groups in total. The summed E-state index contributed by atoms with van der Waals surface area (Å²) in [5.74, 6) is -0.408. The predicted octanol–water partition coefficient (Wildman–Crippen LogP) is 3.62. The van der Waals surface area contributed by atoms with Crippen LogP contribution in [0, 0.1) is 5.95 Å². The highest BCUT2D eigenvalue weighted by Gasteiger charge is 2.26. The van der Waals surface area contributed by atoms with E-state index in [1.165, 1.54) is 24.5 Å². The molecule has 2 aromatic rings. The second-order valence-corrected chi connectivity index (χ2v) is 5.45. The molecule has 2 aromatic heterocycles. The summed E-state index contributed by atoms with van der Waals surface area (Å²) in [6, 6.07) is 5.98. The van der Waals surface area contributed by atoms with Gasteiger partial charge in [0.1, 0.15) is 0 Å². The van der Waals surface area contributed by atoms with E-state index in [1.807, 2.05) is 6.07 Å². The van der Waals surface area contributed by atoms with Gasteiger partial charge in [-0.1, -0.05) is 6.07 Å². The molecule has 3 rings (SSSR count). The Hall–Kier alpha value is -1.26. The average Bonchev–Trinajstić information content (AvgIpc) is 3.02. The molecule has 1 aliphatic heterocycles. The fourth-order valence-electron chi connectivity index (χ4n) is 2.59. The Labute approximate surface area is 110 Å². The zero-order chi connectivity index (χ0) is 12.4. The van der Waals surface area contributed by atoms with Gasteiger partial charge in [-0.05, 0) is 53.4 Å². The first-order valence-corrected chi connectivity index (χ1v) is 7.14. The van der Waals surface area contributed by atoms with Crippen molar-refractivity contribution in [2.45, 2.75) is 25.4 Å². The molecule has 0 amide bonds. The van der Waals surface area contributed by atoms with Crippen molar-refractivity contribution >= 4 is 11.3 Å². The molecule has 1 saturated heterocycles. The quantitative estimate of drug-likeness (QED) is 0.785. The average molecular weight is 262 g/mol. The van der Waals surface area contributed by atoms with Crippen LogP contribution >= 0.6 is 11.3 Å². The van der Waals surface area contributed by atoms with Crippen molar-refractivity contribution in [1.82, 2.24) is 9.88 Å². The maximum absolute atomic E-state index is 12.8. The highest BCUT2D eigenvalue weighted by atomic mass is 32.1. The molecule has 0 aromatic carbocycles. The van der Waals surface area contributed by atoms with E-state index in [1.54, 1.807) is 17.5 Å². The molecule has 18 heavy (non-hydrogen) atoms. The molecule has 0 bridgehead atoms. The molecule has 94 valence electrons. The number of hydrogen-bond donors (Lipinski definition) is 0. The molecule has 0 radical (unpaired) electrons. The van der Waals surface area contributed by atoms with Crippen LogP contribution in [0.25, 0.3) is 0 Å². The van der Waals surface area contributed by atoms with Gasteiger partial charge >= 0.3 is 0 Å². The molecule has 2 nitrogen and oxygen atoms in total. The smallest absolute Gasteiger partial charge is 0.212 e. The number of nitrogens with zero attached hydrogens (tertiary/aromatic N) is 2. The molecule has 1 fully saturated rings. The van der Waals surface area contributed by atoms with Crippen LogP contribution in [0.15, 0.2) is 35.2 Å². The second-order valence-electron chi connectivity index (χ2n) is 4.67. The largest absolute Gasteiger partial charge is 0.292 e. The van der Waals surface area contributed by atoms with E-state index in [0.717, 1.165) is 18.7 Å². The van der Waals surface area contributed by atoms with Crippen molar-refractivity contribution in [2.75, 3.05) is 6.54 Å². The van der Waals surface area contributed by atoms with Crippen LogP contribution in [0.4, 0.5) is 4.39 Å². The Balaban J connectivity index is 1.73. The van der Waals surface area contributed by atoms with Gasteiger partial charge in [-0.3, -0.25) is 4.90 Å². The third-order valence-corrected chi connectivity index (χ3v) is 4.17. The number of hydrogen-bond acceptors (Lipinski definition) is 3.